The Morgan fingerprint density at radius 2 is 2.35 bits per heavy atom. The normalized spacial score (nSPS) is 14.1. The number of ether oxygens (including phenoxy) is 1. The molecule has 2 aromatic rings. The van der Waals surface area contributed by atoms with Crippen molar-refractivity contribution in [2.24, 2.45) is 7.05 Å². The molecule has 0 unspecified atom stereocenters. The number of anilines is 1. The van der Waals surface area contributed by atoms with E-state index in [4.69, 9.17) is 4.74 Å². The van der Waals surface area contributed by atoms with Crippen LogP contribution in [-0.4, -0.2) is 22.1 Å². The summed E-state index contributed by atoms with van der Waals surface area (Å²) in [6, 6.07) is 4.28. The zero-order chi connectivity index (χ0) is 16.2. The maximum absolute atomic E-state index is 13.6. The number of rotatable bonds is 4. The number of carbonyl (C=O) groups is 1. The van der Waals surface area contributed by atoms with Crippen LogP contribution in [0.4, 0.5) is 10.1 Å². The monoisotopic (exact) mass is 333 g/mol. The van der Waals surface area contributed by atoms with Gasteiger partial charge < -0.3 is 14.6 Å². The molecule has 1 N–H and O–H groups in total. The van der Waals surface area contributed by atoms with Gasteiger partial charge in [-0.1, -0.05) is 0 Å². The number of aryl methyl sites for hydroxylation is 1. The van der Waals surface area contributed by atoms with Gasteiger partial charge in [-0.05, 0) is 48.9 Å². The van der Waals surface area contributed by atoms with E-state index in [1.165, 1.54) is 23.9 Å². The molecule has 23 heavy (non-hydrogen) atoms. The summed E-state index contributed by atoms with van der Waals surface area (Å²) in [6.07, 6.45) is 6.97. The van der Waals surface area contributed by atoms with Crippen molar-refractivity contribution in [2.75, 3.05) is 11.9 Å². The van der Waals surface area contributed by atoms with Gasteiger partial charge in [0.25, 0.3) is 5.91 Å². The SMILES string of the molecule is Cn1ccnc1Sc1ccc(F)cc1NC(=O)C1=CCCCO1. The van der Waals surface area contributed by atoms with Crippen LogP contribution in [0.2, 0.25) is 0 Å². The lowest BCUT2D eigenvalue weighted by Gasteiger charge is -2.16. The van der Waals surface area contributed by atoms with E-state index in [1.807, 2.05) is 17.8 Å². The fraction of sp³-hybridized carbons (Fsp3) is 0.250. The summed E-state index contributed by atoms with van der Waals surface area (Å²) in [5, 5.41) is 3.47. The van der Waals surface area contributed by atoms with Crippen molar-refractivity contribution < 1.29 is 13.9 Å². The van der Waals surface area contributed by atoms with Crippen LogP contribution in [0, 0.1) is 5.82 Å². The maximum Gasteiger partial charge on any atom is 0.290 e. The summed E-state index contributed by atoms with van der Waals surface area (Å²) in [5.74, 6) is -0.492. The van der Waals surface area contributed by atoms with Gasteiger partial charge in [-0.2, -0.15) is 0 Å². The number of hydrogen-bond donors (Lipinski definition) is 1. The average molecular weight is 333 g/mol. The van der Waals surface area contributed by atoms with E-state index in [0.29, 0.717) is 17.2 Å². The molecule has 1 aliphatic heterocycles. The van der Waals surface area contributed by atoms with Crippen LogP contribution in [0.25, 0.3) is 0 Å². The van der Waals surface area contributed by atoms with E-state index in [-0.39, 0.29) is 11.7 Å². The number of nitrogens with zero attached hydrogens (tertiary/aromatic N) is 2. The first-order valence-corrected chi connectivity index (χ1v) is 8.04. The summed E-state index contributed by atoms with van der Waals surface area (Å²) in [5.41, 5.74) is 0.401. The van der Waals surface area contributed by atoms with E-state index < -0.39 is 5.82 Å². The van der Waals surface area contributed by atoms with Crippen molar-refractivity contribution in [1.82, 2.24) is 9.55 Å². The predicted octanol–water partition coefficient (Wildman–Crippen LogP) is 3.34. The van der Waals surface area contributed by atoms with Crippen molar-refractivity contribution in [1.29, 1.82) is 0 Å². The average Bonchev–Trinajstić information content (AvgIpc) is 2.96. The second kappa shape index (κ2) is 6.87. The third kappa shape index (κ3) is 3.73. The largest absolute Gasteiger partial charge is 0.488 e. The molecule has 0 aliphatic carbocycles. The van der Waals surface area contributed by atoms with Gasteiger partial charge in [0.15, 0.2) is 10.9 Å². The summed E-state index contributed by atoms with van der Waals surface area (Å²) in [7, 11) is 1.87. The van der Waals surface area contributed by atoms with Crippen LogP contribution >= 0.6 is 11.8 Å². The summed E-state index contributed by atoms with van der Waals surface area (Å²) < 4.78 is 20.8. The lowest BCUT2D eigenvalue weighted by atomic mass is 10.2. The number of carbonyl (C=O) groups excluding carboxylic acids is 1. The van der Waals surface area contributed by atoms with E-state index in [9.17, 15) is 9.18 Å². The smallest absolute Gasteiger partial charge is 0.290 e. The quantitative estimate of drug-likeness (QED) is 0.932. The van der Waals surface area contributed by atoms with Gasteiger partial charge >= 0.3 is 0 Å². The first-order valence-electron chi connectivity index (χ1n) is 7.22. The zero-order valence-corrected chi connectivity index (χ0v) is 13.4. The molecule has 1 aliphatic rings. The van der Waals surface area contributed by atoms with E-state index in [2.05, 4.69) is 10.3 Å². The topological polar surface area (TPSA) is 56.2 Å². The zero-order valence-electron chi connectivity index (χ0n) is 12.6. The molecule has 0 saturated carbocycles. The molecule has 2 heterocycles. The van der Waals surface area contributed by atoms with Crippen LogP contribution in [0.5, 0.6) is 0 Å². The van der Waals surface area contributed by atoms with Crippen molar-refractivity contribution >= 4 is 23.4 Å². The number of amides is 1. The molecule has 0 bridgehead atoms. The maximum atomic E-state index is 13.6. The second-order valence-corrected chi connectivity index (χ2v) is 6.09. The molecular weight excluding hydrogens is 317 g/mol. The lowest BCUT2D eigenvalue weighted by Crippen LogP contribution is -2.19. The van der Waals surface area contributed by atoms with Crippen LogP contribution < -0.4 is 5.32 Å². The minimum atomic E-state index is -0.414. The Morgan fingerprint density at radius 3 is 3.04 bits per heavy atom. The fourth-order valence-corrected chi connectivity index (χ4v) is 3.01. The Labute approximate surface area is 137 Å². The molecule has 3 rings (SSSR count). The van der Waals surface area contributed by atoms with Gasteiger partial charge in [-0.3, -0.25) is 4.79 Å². The molecule has 120 valence electrons. The Kier molecular flexibility index (Phi) is 4.66. The Morgan fingerprint density at radius 1 is 1.48 bits per heavy atom. The predicted molar refractivity (Wildman–Crippen MR) is 85.6 cm³/mol. The third-order valence-corrected chi connectivity index (χ3v) is 4.48. The standard InChI is InChI=1S/C16H16FN3O2S/c1-20-8-7-18-16(20)23-14-6-5-11(17)10-12(14)19-15(21)13-4-2-3-9-22-13/h4-8,10H,2-3,9H2,1H3,(H,19,21). The number of hydrogen-bond acceptors (Lipinski definition) is 4. The number of aromatic nitrogens is 2. The van der Waals surface area contributed by atoms with Crippen molar-refractivity contribution in [2.45, 2.75) is 22.9 Å². The summed E-state index contributed by atoms with van der Waals surface area (Å²) in [4.78, 5) is 17.2. The third-order valence-electron chi connectivity index (χ3n) is 3.33. The van der Waals surface area contributed by atoms with Gasteiger partial charge in [0.1, 0.15) is 5.82 Å². The molecular formula is C16H16FN3O2S. The number of imidazole rings is 1. The molecule has 0 atom stereocenters. The molecule has 0 saturated heterocycles. The molecule has 1 aromatic carbocycles. The van der Waals surface area contributed by atoms with Gasteiger partial charge in [-0.25, -0.2) is 9.37 Å². The van der Waals surface area contributed by atoms with Gasteiger partial charge in [0, 0.05) is 24.3 Å². The number of nitrogens with one attached hydrogen (secondary N) is 1. The Balaban J connectivity index is 1.83. The highest BCUT2D eigenvalue weighted by molar-refractivity contribution is 7.99. The molecule has 0 radical (unpaired) electrons. The first kappa shape index (κ1) is 15.6. The summed E-state index contributed by atoms with van der Waals surface area (Å²) >= 11 is 1.36. The lowest BCUT2D eigenvalue weighted by molar-refractivity contribution is -0.116. The molecule has 0 spiro atoms. The van der Waals surface area contributed by atoms with Crippen molar-refractivity contribution in [3.63, 3.8) is 0 Å². The molecule has 0 fully saturated rings. The summed E-state index contributed by atoms with van der Waals surface area (Å²) in [6.45, 7) is 0.525. The Hall–Kier alpha value is -2.28. The van der Waals surface area contributed by atoms with E-state index >= 15 is 0 Å². The molecule has 5 nitrogen and oxygen atoms in total. The molecule has 1 amide bonds. The van der Waals surface area contributed by atoms with Crippen LogP contribution in [-0.2, 0) is 16.6 Å². The second-order valence-electron chi connectivity index (χ2n) is 5.08. The van der Waals surface area contributed by atoms with Crippen LogP contribution in [0.3, 0.4) is 0 Å². The van der Waals surface area contributed by atoms with Crippen molar-refractivity contribution in [3.05, 3.63) is 48.2 Å². The number of allylic oxidation sites excluding steroid dienone is 1. The van der Waals surface area contributed by atoms with Gasteiger partial charge in [0.05, 0.1) is 12.3 Å². The van der Waals surface area contributed by atoms with E-state index in [1.54, 1.807) is 18.3 Å². The highest BCUT2D eigenvalue weighted by atomic mass is 32.2. The first-order chi connectivity index (χ1) is 11.1. The highest BCUT2D eigenvalue weighted by Crippen LogP contribution is 2.33. The molecule has 7 heteroatoms. The van der Waals surface area contributed by atoms with Crippen LogP contribution in [0.15, 0.2) is 52.5 Å². The minimum Gasteiger partial charge on any atom is -0.488 e. The van der Waals surface area contributed by atoms with E-state index in [0.717, 1.165) is 18.0 Å². The van der Waals surface area contributed by atoms with Gasteiger partial charge in [0.2, 0.25) is 0 Å². The van der Waals surface area contributed by atoms with Crippen LogP contribution in [0.1, 0.15) is 12.8 Å². The minimum absolute atomic E-state index is 0.286. The molecule has 1 aromatic heterocycles. The highest BCUT2D eigenvalue weighted by Gasteiger charge is 2.17. The van der Waals surface area contributed by atoms with Crippen molar-refractivity contribution in [3.8, 4) is 0 Å². The number of benzene rings is 1. The van der Waals surface area contributed by atoms with Gasteiger partial charge in [-0.15, -0.1) is 0 Å². The Bertz CT molecular complexity index is 758. The number of halogens is 1. The fourth-order valence-electron chi connectivity index (χ4n) is 2.14.